The molecule has 0 amide bonds. The van der Waals surface area contributed by atoms with Gasteiger partial charge in [0.05, 0.1) is 33.5 Å². The molecule has 1 saturated carbocycles. The maximum atomic E-state index is 14.4. The summed E-state index contributed by atoms with van der Waals surface area (Å²) in [7, 11) is -2.02. The molecule has 1 unspecified atom stereocenters. The van der Waals surface area contributed by atoms with Gasteiger partial charge in [-0.25, -0.2) is 27.9 Å². The first-order valence-corrected chi connectivity index (χ1v) is 13.3. The number of nitrogen functional groups attached to an aromatic ring is 1. The number of halogens is 2. The molecule has 1 aliphatic rings. The average molecular weight is 526 g/mol. The van der Waals surface area contributed by atoms with Crippen molar-refractivity contribution >= 4 is 38.1 Å². The van der Waals surface area contributed by atoms with Crippen LogP contribution in [0.4, 0.5) is 20.4 Å². The van der Waals surface area contributed by atoms with Crippen molar-refractivity contribution in [2.24, 2.45) is 0 Å². The molecular formula is C26H25F2N5O3S. The molecule has 8 nitrogen and oxygen atoms in total. The quantitative estimate of drug-likeness (QED) is 0.330. The molecule has 4 aromatic rings. The molecular weight excluding hydrogens is 500 g/mol. The van der Waals surface area contributed by atoms with Crippen LogP contribution in [0.25, 0.3) is 22.0 Å². The number of hydrogen-bond donors (Lipinski definition) is 2. The second-order valence-corrected chi connectivity index (χ2v) is 10.8. The number of methoxy groups -OCH3 is 1. The van der Waals surface area contributed by atoms with Crippen molar-refractivity contribution in [3.63, 3.8) is 0 Å². The third-order valence-electron chi connectivity index (χ3n) is 6.22. The number of aromatic nitrogens is 3. The van der Waals surface area contributed by atoms with Gasteiger partial charge in [-0.15, -0.1) is 0 Å². The minimum Gasteiger partial charge on any atom is -0.488 e. The molecule has 0 saturated heterocycles. The fourth-order valence-corrected chi connectivity index (χ4v) is 5.39. The molecule has 11 heteroatoms. The van der Waals surface area contributed by atoms with Gasteiger partial charge in [0.25, 0.3) is 0 Å². The van der Waals surface area contributed by atoms with Crippen LogP contribution in [0.15, 0.2) is 47.5 Å². The van der Waals surface area contributed by atoms with Crippen molar-refractivity contribution in [1.29, 1.82) is 0 Å². The standard InChI is InChI=1S/C26H25F2N5O3S/c1-14-19-9-15(11-22(36-18-5-4-6-18)24(19)32-26(29)31-14)16-10-21(25(35-2)30-13-16)33-37(3,34)23-8-7-17(27)12-20(23)28/h7-13,18H,3-6H2,1-2H3,(H,33,34)(H2,29,31,32). The third kappa shape index (κ3) is 4.86. The molecule has 2 aromatic carbocycles. The molecule has 5 rings (SSSR count). The normalized spacial score (nSPS) is 15.1. The first-order valence-electron chi connectivity index (χ1n) is 11.5. The van der Waals surface area contributed by atoms with Crippen LogP contribution in [0.5, 0.6) is 11.6 Å². The van der Waals surface area contributed by atoms with E-state index in [-0.39, 0.29) is 28.5 Å². The van der Waals surface area contributed by atoms with Crippen LogP contribution in [0.3, 0.4) is 0 Å². The summed E-state index contributed by atoms with van der Waals surface area (Å²) in [6.45, 7) is 1.84. The van der Waals surface area contributed by atoms with Gasteiger partial charge in [0.15, 0.2) is 0 Å². The van der Waals surface area contributed by atoms with Gasteiger partial charge in [-0.2, -0.15) is 0 Å². The van der Waals surface area contributed by atoms with E-state index in [0.29, 0.717) is 28.6 Å². The Hall–Kier alpha value is -3.99. The summed E-state index contributed by atoms with van der Waals surface area (Å²) in [5, 5.41) is 0.765. The summed E-state index contributed by atoms with van der Waals surface area (Å²) in [4.78, 5) is 12.8. The molecule has 3 N–H and O–H groups in total. The van der Waals surface area contributed by atoms with Crippen LogP contribution >= 0.6 is 0 Å². The lowest BCUT2D eigenvalue weighted by molar-refractivity contribution is 0.122. The van der Waals surface area contributed by atoms with E-state index >= 15 is 0 Å². The van der Waals surface area contributed by atoms with Crippen LogP contribution < -0.4 is 19.9 Å². The van der Waals surface area contributed by atoms with Crippen LogP contribution in [-0.4, -0.2) is 38.2 Å². The number of fused-ring (bicyclic) bond motifs is 1. The second kappa shape index (κ2) is 9.47. The SMILES string of the molecule is C=S(=O)(Nc1cc(-c2cc(OC3CCC3)c3nc(N)nc(C)c3c2)cnc1OC)c1ccc(F)cc1F. The smallest absolute Gasteiger partial charge is 0.238 e. The summed E-state index contributed by atoms with van der Waals surface area (Å²) in [6.07, 6.45) is 4.72. The minimum atomic E-state index is -3.43. The van der Waals surface area contributed by atoms with Crippen molar-refractivity contribution in [3.8, 4) is 22.8 Å². The van der Waals surface area contributed by atoms with Crippen LogP contribution in [0.1, 0.15) is 25.0 Å². The highest BCUT2D eigenvalue weighted by molar-refractivity contribution is 8.01. The maximum absolute atomic E-state index is 14.4. The van der Waals surface area contributed by atoms with E-state index in [1.165, 1.54) is 7.11 Å². The largest absolute Gasteiger partial charge is 0.488 e. The van der Waals surface area contributed by atoms with Gasteiger partial charge >= 0.3 is 0 Å². The van der Waals surface area contributed by atoms with Gasteiger partial charge in [-0.1, -0.05) is 0 Å². The monoisotopic (exact) mass is 525 g/mol. The summed E-state index contributed by atoms with van der Waals surface area (Å²) in [6, 6.07) is 8.18. The Bertz CT molecular complexity index is 1620. The highest BCUT2D eigenvalue weighted by Crippen LogP contribution is 2.37. The van der Waals surface area contributed by atoms with E-state index in [0.717, 1.165) is 42.3 Å². The van der Waals surface area contributed by atoms with Crippen molar-refractivity contribution in [2.75, 3.05) is 17.6 Å². The van der Waals surface area contributed by atoms with E-state index < -0.39 is 21.3 Å². The minimum absolute atomic E-state index is 0.0996. The van der Waals surface area contributed by atoms with Gasteiger partial charge in [0, 0.05) is 23.2 Å². The van der Waals surface area contributed by atoms with Crippen LogP contribution in [-0.2, 0) is 9.71 Å². The zero-order valence-electron chi connectivity index (χ0n) is 20.3. The zero-order valence-corrected chi connectivity index (χ0v) is 21.1. The Morgan fingerprint density at radius 3 is 2.59 bits per heavy atom. The highest BCUT2D eigenvalue weighted by Gasteiger charge is 2.23. The predicted octanol–water partition coefficient (Wildman–Crippen LogP) is 4.90. The van der Waals surface area contributed by atoms with Crippen molar-refractivity contribution < 1.29 is 22.5 Å². The maximum Gasteiger partial charge on any atom is 0.238 e. The number of nitrogens with zero attached hydrogens (tertiary/aromatic N) is 3. The lowest BCUT2D eigenvalue weighted by Gasteiger charge is -2.27. The fourth-order valence-electron chi connectivity index (χ4n) is 4.12. The Morgan fingerprint density at radius 1 is 1.14 bits per heavy atom. The second-order valence-electron chi connectivity index (χ2n) is 8.84. The van der Waals surface area contributed by atoms with Crippen molar-refractivity contribution in [3.05, 3.63) is 59.9 Å². The van der Waals surface area contributed by atoms with E-state index in [2.05, 4.69) is 25.5 Å². The summed E-state index contributed by atoms with van der Waals surface area (Å²) >= 11 is 0. The number of nitrogens with two attached hydrogens (primary N) is 1. The van der Waals surface area contributed by atoms with Crippen LogP contribution in [0.2, 0.25) is 0 Å². The molecule has 2 aromatic heterocycles. The fraction of sp³-hybridized carbons (Fsp3) is 0.231. The average Bonchev–Trinajstić information content (AvgIpc) is 2.81. The molecule has 1 fully saturated rings. The van der Waals surface area contributed by atoms with Gasteiger partial charge in [0.1, 0.15) is 28.6 Å². The van der Waals surface area contributed by atoms with E-state index in [1.54, 1.807) is 12.3 Å². The van der Waals surface area contributed by atoms with E-state index in [4.69, 9.17) is 15.2 Å². The van der Waals surface area contributed by atoms with Crippen molar-refractivity contribution in [2.45, 2.75) is 37.2 Å². The predicted molar refractivity (Wildman–Crippen MR) is 140 cm³/mol. The third-order valence-corrected chi connectivity index (χ3v) is 7.81. The Morgan fingerprint density at radius 2 is 1.92 bits per heavy atom. The highest BCUT2D eigenvalue weighted by atomic mass is 32.2. The first kappa shape index (κ1) is 24.7. The summed E-state index contributed by atoms with van der Waals surface area (Å²) in [5.74, 6) is 2.76. The van der Waals surface area contributed by atoms with Gasteiger partial charge in [-0.05, 0) is 68.0 Å². The number of rotatable bonds is 7. The van der Waals surface area contributed by atoms with Gasteiger partial charge in [0.2, 0.25) is 11.8 Å². The molecule has 0 spiro atoms. The Balaban J connectivity index is 1.60. The molecule has 1 atom stereocenters. The molecule has 37 heavy (non-hydrogen) atoms. The molecule has 0 bridgehead atoms. The lowest BCUT2D eigenvalue weighted by Crippen LogP contribution is -2.24. The van der Waals surface area contributed by atoms with Gasteiger partial charge < -0.3 is 19.9 Å². The topological polar surface area (TPSA) is 112 Å². The number of aryl methyl sites for hydroxylation is 1. The summed E-state index contributed by atoms with van der Waals surface area (Å²) in [5.41, 5.74) is 8.80. The summed E-state index contributed by atoms with van der Waals surface area (Å²) < 4.78 is 55.4. The molecule has 2 heterocycles. The molecule has 0 radical (unpaired) electrons. The Labute approximate surface area is 213 Å². The number of ether oxygens (including phenoxy) is 2. The number of nitrogens with one attached hydrogen (secondary N) is 1. The number of hydrogen-bond acceptors (Lipinski definition) is 7. The Kier molecular flexibility index (Phi) is 6.32. The number of benzene rings is 2. The molecule has 1 aliphatic carbocycles. The number of anilines is 2. The van der Waals surface area contributed by atoms with Crippen LogP contribution in [0, 0.1) is 18.6 Å². The van der Waals surface area contributed by atoms with E-state index in [9.17, 15) is 13.0 Å². The number of pyridine rings is 1. The molecule has 192 valence electrons. The van der Waals surface area contributed by atoms with Gasteiger partial charge in [-0.3, -0.25) is 0 Å². The van der Waals surface area contributed by atoms with Crippen molar-refractivity contribution in [1.82, 2.24) is 15.0 Å². The zero-order chi connectivity index (χ0) is 26.3. The first-order chi connectivity index (χ1) is 17.6. The molecule has 0 aliphatic heterocycles. The van der Waals surface area contributed by atoms with E-state index in [1.807, 2.05) is 19.1 Å². The lowest BCUT2D eigenvalue weighted by atomic mass is 9.96.